The van der Waals surface area contributed by atoms with Crippen LogP contribution in [0.15, 0.2) is 30.3 Å². The van der Waals surface area contributed by atoms with E-state index >= 15 is 0 Å². The molecule has 0 aromatic heterocycles. The zero-order valence-electron chi connectivity index (χ0n) is 24.9. The highest BCUT2D eigenvalue weighted by atomic mass is 16.5. The summed E-state index contributed by atoms with van der Waals surface area (Å²) in [5.74, 6) is 0.250. The van der Waals surface area contributed by atoms with Crippen LogP contribution in [0.5, 0.6) is 0 Å². The van der Waals surface area contributed by atoms with Crippen molar-refractivity contribution in [3.8, 4) is 0 Å². The third kappa shape index (κ3) is 12.4. The first-order valence-corrected chi connectivity index (χ1v) is 15.2. The lowest BCUT2D eigenvalue weighted by Gasteiger charge is -2.34. The third-order valence-electron chi connectivity index (χ3n) is 7.72. The summed E-state index contributed by atoms with van der Waals surface area (Å²) in [6, 6.07) is 8.16. The molecule has 222 valence electrons. The smallest absolute Gasteiger partial charge is 0.323 e. The zero-order chi connectivity index (χ0) is 28.8. The van der Waals surface area contributed by atoms with E-state index in [1.165, 1.54) is 6.42 Å². The van der Waals surface area contributed by atoms with Gasteiger partial charge < -0.3 is 20.3 Å². The number of carbonyl (C=O) groups excluding carboxylic acids is 2. The number of ether oxygens (including phenoxy) is 1. The van der Waals surface area contributed by atoms with Crippen LogP contribution in [-0.2, 0) is 20.7 Å². The van der Waals surface area contributed by atoms with Crippen LogP contribution < -0.4 is 10.6 Å². The van der Waals surface area contributed by atoms with Gasteiger partial charge in [0.15, 0.2) is 0 Å². The summed E-state index contributed by atoms with van der Waals surface area (Å²) >= 11 is 0. The highest BCUT2D eigenvalue weighted by Crippen LogP contribution is 2.29. The minimum Gasteiger partial charge on any atom is -0.465 e. The molecule has 1 aromatic rings. The first-order valence-electron chi connectivity index (χ1n) is 15.2. The lowest BCUT2D eigenvalue weighted by molar-refractivity contribution is -0.146. The van der Waals surface area contributed by atoms with Crippen molar-refractivity contribution in [1.82, 2.24) is 10.6 Å². The van der Waals surface area contributed by atoms with Gasteiger partial charge in [-0.15, -0.1) is 0 Å². The maximum absolute atomic E-state index is 13.8. The van der Waals surface area contributed by atoms with E-state index in [-0.39, 0.29) is 30.3 Å². The second-order valence-electron chi connectivity index (χ2n) is 12.2. The standard InChI is InChI=1S/C32H54N2O5/c1-6-39-32(38)26(18-17-24-13-9-7-10-14-24)33-28(19-22(2)3)31(37)34-27(21-25-15-11-8-12-16-25)30(36)29(35)20-23(4)5/h7,9-10,13-14,22-23,25-30,33,35-36H,6,8,11-12,15-21H2,1-5H3,(H,34,37)/t26-,27+,28+,29+,30-/m1/s1. The molecule has 1 aromatic carbocycles. The first-order chi connectivity index (χ1) is 18.6. The lowest BCUT2D eigenvalue weighted by atomic mass is 9.82. The topological polar surface area (TPSA) is 108 Å². The van der Waals surface area contributed by atoms with Gasteiger partial charge >= 0.3 is 5.97 Å². The van der Waals surface area contributed by atoms with E-state index in [4.69, 9.17) is 4.74 Å². The van der Waals surface area contributed by atoms with E-state index in [1.54, 1.807) is 6.92 Å². The number of esters is 1. The average Bonchev–Trinajstić information content (AvgIpc) is 2.90. The van der Waals surface area contributed by atoms with Crippen LogP contribution in [0.25, 0.3) is 0 Å². The van der Waals surface area contributed by atoms with Crippen molar-refractivity contribution in [3.63, 3.8) is 0 Å². The molecule has 1 aliphatic carbocycles. The molecule has 2 rings (SSSR count). The Labute approximate surface area is 236 Å². The maximum atomic E-state index is 13.8. The molecule has 0 heterocycles. The Hall–Kier alpha value is -1.96. The Balaban J connectivity index is 2.20. The second-order valence-corrected chi connectivity index (χ2v) is 12.2. The Morgan fingerprint density at radius 3 is 2.18 bits per heavy atom. The molecule has 5 atom stereocenters. The quantitative estimate of drug-likeness (QED) is 0.210. The minimum atomic E-state index is -1.04. The second kappa shape index (κ2) is 17.7. The molecular weight excluding hydrogens is 492 g/mol. The van der Waals surface area contributed by atoms with E-state index in [9.17, 15) is 19.8 Å². The lowest BCUT2D eigenvalue weighted by Crippen LogP contribution is -2.57. The monoisotopic (exact) mass is 546 g/mol. The molecule has 4 N–H and O–H groups in total. The molecule has 0 unspecified atom stereocenters. The van der Waals surface area contributed by atoms with Crippen molar-refractivity contribution in [2.75, 3.05) is 6.61 Å². The Bertz CT molecular complexity index is 825. The van der Waals surface area contributed by atoms with E-state index in [0.29, 0.717) is 38.0 Å². The zero-order valence-corrected chi connectivity index (χ0v) is 24.9. The summed E-state index contributed by atoms with van der Waals surface area (Å²) in [5.41, 5.74) is 1.12. The highest BCUT2D eigenvalue weighted by molar-refractivity contribution is 5.83. The summed E-state index contributed by atoms with van der Waals surface area (Å²) in [6.45, 7) is 10.2. The fourth-order valence-corrected chi connectivity index (χ4v) is 5.67. The van der Waals surface area contributed by atoms with Crippen LogP contribution in [0.3, 0.4) is 0 Å². The summed E-state index contributed by atoms with van der Waals surface area (Å²) in [5, 5.41) is 28.4. The number of carbonyl (C=O) groups is 2. The molecule has 0 aliphatic heterocycles. The van der Waals surface area contributed by atoms with Crippen molar-refractivity contribution >= 4 is 11.9 Å². The summed E-state index contributed by atoms with van der Waals surface area (Å²) < 4.78 is 5.36. The molecule has 7 heteroatoms. The number of amides is 1. The summed E-state index contributed by atoms with van der Waals surface area (Å²) in [7, 11) is 0. The number of aliphatic hydroxyl groups is 2. The van der Waals surface area contributed by atoms with Gasteiger partial charge in [0.1, 0.15) is 12.1 Å². The number of aryl methyl sites for hydroxylation is 1. The fraction of sp³-hybridized carbons (Fsp3) is 0.750. The van der Waals surface area contributed by atoms with Gasteiger partial charge in [-0.2, -0.15) is 0 Å². The molecule has 0 bridgehead atoms. The van der Waals surface area contributed by atoms with E-state index < -0.39 is 30.3 Å². The van der Waals surface area contributed by atoms with E-state index in [1.807, 2.05) is 58.0 Å². The van der Waals surface area contributed by atoms with Gasteiger partial charge in [-0.1, -0.05) is 90.1 Å². The van der Waals surface area contributed by atoms with Crippen molar-refractivity contribution in [2.24, 2.45) is 17.8 Å². The minimum absolute atomic E-state index is 0.207. The highest BCUT2D eigenvalue weighted by Gasteiger charge is 2.34. The van der Waals surface area contributed by atoms with Crippen molar-refractivity contribution < 1.29 is 24.5 Å². The number of aliphatic hydroxyl groups excluding tert-OH is 2. The van der Waals surface area contributed by atoms with Crippen LogP contribution in [0.4, 0.5) is 0 Å². The molecule has 0 saturated heterocycles. The van der Waals surface area contributed by atoms with Crippen LogP contribution in [0.2, 0.25) is 0 Å². The van der Waals surface area contributed by atoms with Crippen LogP contribution in [-0.4, -0.2) is 59.0 Å². The fourth-order valence-electron chi connectivity index (χ4n) is 5.67. The van der Waals surface area contributed by atoms with Gasteiger partial charge in [-0.05, 0) is 62.3 Å². The van der Waals surface area contributed by atoms with Crippen LogP contribution in [0, 0.1) is 17.8 Å². The predicted octanol–water partition coefficient (Wildman–Crippen LogP) is 4.78. The maximum Gasteiger partial charge on any atom is 0.323 e. The number of hydrogen-bond donors (Lipinski definition) is 4. The third-order valence-corrected chi connectivity index (χ3v) is 7.72. The molecule has 7 nitrogen and oxygen atoms in total. The van der Waals surface area contributed by atoms with Crippen molar-refractivity contribution in [2.45, 2.75) is 129 Å². The number of nitrogens with one attached hydrogen (secondary N) is 2. The molecular formula is C32H54N2O5. The van der Waals surface area contributed by atoms with E-state index in [0.717, 1.165) is 31.2 Å². The Morgan fingerprint density at radius 2 is 1.59 bits per heavy atom. The van der Waals surface area contributed by atoms with Gasteiger partial charge in [0.2, 0.25) is 5.91 Å². The molecule has 1 fully saturated rings. The SMILES string of the molecule is CCOC(=O)[C@@H](CCc1ccccc1)N[C@@H](CC(C)C)C(=O)N[C@@H](CC1CCCCC1)[C@@H](O)[C@@H](O)CC(C)C. The molecule has 1 aliphatic rings. The Morgan fingerprint density at radius 1 is 0.949 bits per heavy atom. The van der Waals surface area contributed by atoms with Crippen LogP contribution >= 0.6 is 0 Å². The van der Waals surface area contributed by atoms with Gasteiger partial charge in [0.05, 0.1) is 24.8 Å². The molecule has 0 radical (unpaired) electrons. The van der Waals surface area contributed by atoms with Gasteiger partial charge in [-0.25, -0.2) is 0 Å². The first kappa shape index (κ1) is 33.2. The largest absolute Gasteiger partial charge is 0.465 e. The van der Waals surface area contributed by atoms with Crippen molar-refractivity contribution in [3.05, 3.63) is 35.9 Å². The molecule has 1 amide bonds. The summed E-state index contributed by atoms with van der Waals surface area (Å²) in [6.07, 6.45) is 6.59. The van der Waals surface area contributed by atoms with Crippen molar-refractivity contribution in [1.29, 1.82) is 0 Å². The van der Waals surface area contributed by atoms with E-state index in [2.05, 4.69) is 10.6 Å². The Kier molecular flexibility index (Phi) is 15.1. The number of rotatable bonds is 17. The molecule has 0 spiro atoms. The number of benzene rings is 1. The van der Waals surface area contributed by atoms with Gasteiger partial charge in [0.25, 0.3) is 0 Å². The normalized spacial score (nSPS) is 18.4. The van der Waals surface area contributed by atoms with Crippen LogP contribution in [0.1, 0.15) is 98.0 Å². The summed E-state index contributed by atoms with van der Waals surface area (Å²) in [4.78, 5) is 26.7. The van der Waals surface area contributed by atoms with Gasteiger partial charge in [-0.3, -0.25) is 14.9 Å². The average molecular weight is 547 g/mol. The molecule has 39 heavy (non-hydrogen) atoms. The van der Waals surface area contributed by atoms with Gasteiger partial charge in [0, 0.05) is 0 Å². The number of hydrogen-bond acceptors (Lipinski definition) is 6. The predicted molar refractivity (Wildman–Crippen MR) is 156 cm³/mol. The molecule has 1 saturated carbocycles.